The van der Waals surface area contributed by atoms with Gasteiger partial charge in [-0.05, 0) is 32.3 Å². The number of carboxylic acid groups (broad SMARTS) is 1. The smallest absolute Gasteiger partial charge is 0.326 e. The number of urea groups is 1. The minimum Gasteiger partial charge on any atom is -0.480 e. The van der Waals surface area contributed by atoms with Crippen LogP contribution in [-0.4, -0.2) is 40.3 Å². The molecule has 0 unspecified atom stereocenters. The Morgan fingerprint density at radius 2 is 2.15 bits per heavy atom. The Bertz CT molecular complexity index is 456. The van der Waals surface area contributed by atoms with E-state index in [-0.39, 0.29) is 6.54 Å². The van der Waals surface area contributed by atoms with Gasteiger partial charge in [0.05, 0.1) is 5.69 Å². The number of aryl methyl sites for hydroxylation is 2. The highest BCUT2D eigenvalue weighted by atomic mass is 32.2. The van der Waals surface area contributed by atoms with Gasteiger partial charge in [0.15, 0.2) is 0 Å². The van der Waals surface area contributed by atoms with Crippen LogP contribution in [-0.2, 0) is 11.3 Å². The first-order valence-electron chi connectivity index (χ1n) is 6.13. The maximum absolute atomic E-state index is 11.7. The second-order valence-electron chi connectivity index (χ2n) is 4.30. The summed E-state index contributed by atoms with van der Waals surface area (Å²) in [5.74, 6) is 0.271. The Morgan fingerprint density at radius 1 is 1.45 bits per heavy atom. The van der Waals surface area contributed by atoms with Crippen molar-refractivity contribution >= 4 is 23.8 Å². The number of aliphatic carboxylic acids is 1. The van der Waals surface area contributed by atoms with Crippen LogP contribution >= 0.6 is 11.8 Å². The fraction of sp³-hybridized carbons (Fsp3) is 0.583. The number of amides is 2. The van der Waals surface area contributed by atoms with Crippen molar-refractivity contribution in [2.45, 2.75) is 32.9 Å². The Balaban J connectivity index is 2.48. The van der Waals surface area contributed by atoms with Gasteiger partial charge in [0.1, 0.15) is 11.8 Å². The number of carbonyl (C=O) groups is 2. The van der Waals surface area contributed by atoms with Crippen molar-refractivity contribution in [3.8, 4) is 0 Å². The standard InChI is InChI=1S/C12H19N3O4S/c1-7-9(8(2)19-15-7)6-13-12(18)14-10(11(16)17)4-5-20-3/h10H,4-6H2,1-3H3,(H,16,17)(H2,13,14,18)/t10-/m1/s1. The van der Waals surface area contributed by atoms with Crippen LogP contribution in [0.5, 0.6) is 0 Å². The highest BCUT2D eigenvalue weighted by molar-refractivity contribution is 7.98. The van der Waals surface area contributed by atoms with Crippen LogP contribution in [0, 0.1) is 13.8 Å². The lowest BCUT2D eigenvalue weighted by molar-refractivity contribution is -0.139. The zero-order valence-electron chi connectivity index (χ0n) is 11.7. The Hall–Kier alpha value is -1.70. The number of thioether (sulfide) groups is 1. The number of rotatable bonds is 7. The number of hydrogen-bond donors (Lipinski definition) is 3. The van der Waals surface area contributed by atoms with Gasteiger partial charge in [0, 0.05) is 12.1 Å². The molecule has 0 radical (unpaired) electrons. The highest BCUT2D eigenvalue weighted by Crippen LogP contribution is 2.11. The SMILES string of the molecule is CSCC[C@@H](NC(=O)NCc1c(C)noc1C)C(=O)O. The molecule has 20 heavy (non-hydrogen) atoms. The van der Waals surface area contributed by atoms with Gasteiger partial charge in [-0.1, -0.05) is 5.16 Å². The average Bonchev–Trinajstić information content (AvgIpc) is 2.71. The lowest BCUT2D eigenvalue weighted by atomic mass is 10.2. The van der Waals surface area contributed by atoms with Crippen LogP contribution in [0.25, 0.3) is 0 Å². The number of nitrogens with zero attached hydrogens (tertiary/aromatic N) is 1. The van der Waals surface area contributed by atoms with E-state index >= 15 is 0 Å². The van der Waals surface area contributed by atoms with E-state index in [9.17, 15) is 9.59 Å². The van der Waals surface area contributed by atoms with Gasteiger partial charge in [-0.3, -0.25) is 0 Å². The highest BCUT2D eigenvalue weighted by Gasteiger charge is 2.19. The van der Waals surface area contributed by atoms with Gasteiger partial charge in [-0.25, -0.2) is 9.59 Å². The van der Waals surface area contributed by atoms with E-state index in [1.807, 2.05) is 6.26 Å². The summed E-state index contributed by atoms with van der Waals surface area (Å²) in [6.07, 6.45) is 2.27. The molecule has 0 bridgehead atoms. The second kappa shape index (κ2) is 7.78. The Morgan fingerprint density at radius 3 is 2.65 bits per heavy atom. The zero-order chi connectivity index (χ0) is 15.1. The minimum atomic E-state index is -1.04. The van der Waals surface area contributed by atoms with Gasteiger partial charge in [0.2, 0.25) is 0 Å². The third kappa shape index (κ3) is 4.76. The molecule has 0 aromatic carbocycles. The van der Waals surface area contributed by atoms with Crippen LogP contribution in [0.4, 0.5) is 4.79 Å². The zero-order valence-corrected chi connectivity index (χ0v) is 12.5. The second-order valence-corrected chi connectivity index (χ2v) is 5.29. The van der Waals surface area contributed by atoms with Crippen molar-refractivity contribution in [1.29, 1.82) is 0 Å². The third-order valence-corrected chi connectivity index (χ3v) is 3.46. The number of nitrogens with one attached hydrogen (secondary N) is 2. The number of carbonyl (C=O) groups excluding carboxylic acids is 1. The molecule has 1 heterocycles. The molecule has 0 spiro atoms. The molecule has 0 saturated carbocycles. The topological polar surface area (TPSA) is 104 Å². The van der Waals surface area contributed by atoms with E-state index in [0.29, 0.717) is 23.6 Å². The third-order valence-electron chi connectivity index (χ3n) is 2.82. The maximum Gasteiger partial charge on any atom is 0.326 e. The maximum atomic E-state index is 11.7. The summed E-state index contributed by atoms with van der Waals surface area (Å²) in [7, 11) is 0. The molecule has 1 aromatic rings. The van der Waals surface area contributed by atoms with E-state index in [2.05, 4.69) is 15.8 Å². The van der Waals surface area contributed by atoms with E-state index < -0.39 is 18.0 Å². The lowest BCUT2D eigenvalue weighted by Crippen LogP contribution is -2.46. The summed E-state index contributed by atoms with van der Waals surface area (Å²) < 4.78 is 4.98. The predicted molar refractivity (Wildman–Crippen MR) is 75.8 cm³/mol. The predicted octanol–water partition coefficient (Wildman–Crippen LogP) is 1.30. The van der Waals surface area contributed by atoms with Crippen LogP contribution in [0.1, 0.15) is 23.4 Å². The molecule has 3 N–H and O–H groups in total. The first-order chi connectivity index (χ1) is 9.45. The van der Waals surface area contributed by atoms with Crippen molar-refractivity contribution in [1.82, 2.24) is 15.8 Å². The molecular weight excluding hydrogens is 282 g/mol. The Kier molecular flexibility index (Phi) is 6.37. The summed E-state index contributed by atoms with van der Waals surface area (Å²) in [5, 5.41) is 17.8. The van der Waals surface area contributed by atoms with E-state index in [4.69, 9.17) is 9.63 Å². The van der Waals surface area contributed by atoms with Crippen molar-refractivity contribution in [3.05, 3.63) is 17.0 Å². The summed E-state index contributed by atoms with van der Waals surface area (Å²) in [6.45, 7) is 3.79. The molecule has 7 nitrogen and oxygen atoms in total. The number of hydrogen-bond acceptors (Lipinski definition) is 5. The average molecular weight is 301 g/mol. The molecule has 1 aromatic heterocycles. The molecule has 8 heteroatoms. The van der Waals surface area contributed by atoms with Crippen LogP contribution in [0.2, 0.25) is 0 Å². The van der Waals surface area contributed by atoms with Crippen LogP contribution < -0.4 is 10.6 Å². The molecule has 0 aliphatic carbocycles. The quantitative estimate of drug-likeness (QED) is 0.701. The van der Waals surface area contributed by atoms with Gasteiger partial charge >= 0.3 is 12.0 Å². The fourth-order valence-corrected chi connectivity index (χ4v) is 2.10. The van der Waals surface area contributed by atoms with Crippen molar-refractivity contribution in [2.24, 2.45) is 0 Å². The summed E-state index contributed by atoms with van der Waals surface area (Å²) >= 11 is 1.53. The minimum absolute atomic E-state index is 0.252. The van der Waals surface area contributed by atoms with E-state index in [0.717, 1.165) is 5.56 Å². The molecule has 0 fully saturated rings. The van der Waals surface area contributed by atoms with Crippen molar-refractivity contribution < 1.29 is 19.2 Å². The van der Waals surface area contributed by atoms with Gasteiger partial charge < -0.3 is 20.3 Å². The lowest BCUT2D eigenvalue weighted by Gasteiger charge is -2.14. The van der Waals surface area contributed by atoms with Crippen molar-refractivity contribution in [3.63, 3.8) is 0 Å². The fourth-order valence-electron chi connectivity index (χ4n) is 1.63. The Labute approximate surface area is 121 Å². The molecule has 0 saturated heterocycles. The van der Waals surface area contributed by atoms with E-state index in [1.165, 1.54) is 11.8 Å². The molecule has 0 aliphatic rings. The van der Waals surface area contributed by atoms with Gasteiger partial charge in [0.25, 0.3) is 0 Å². The summed E-state index contributed by atoms with van der Waals surface area (Å²) in [5.41, 5.74) is 1.51. The van der Waals surface area contributed by atoms with Gasteiger partial charge in [-0.15, -0.1) is 0 Å². The normalized spacial score (nSPS) is 11.9. The number of carboxylic acids is 1. The first-order valence-corrected chi connectivity index (χ1v) is 7.53. The molecule has 1 rings (SSSR count). The van der Waals surface area contributed by atoms with Crippen molar-refractivity contribution in [2.75, 3.05) is 12.0 Å². The summed E-state index contributed by atoms with van der Waals surface area (Å²) in [4.78, 5) is 22.7. The monoisotopic (exact) mass is 301 g/mol. The summed E-state index contributed by atoms with van der Waals surface area (Å²) in [6, 6.07) is -1.40. The molecular formula is C12H19N3O4S. The molecule has 0 aliphatic heterocycles. The largest absolute Gasteiger partial charge is 0.480 e. The first kappa shape index (κ1) is 16.4. The van der Waals surface area contributed by atoms with Gasteiger partial charge in [-0.2, -0.15) is 11.8 Å². The number of aromatic nitrogens is 1. The molecule has 1 atom stereocenters. The molecule has 2 amide bonds. The van der Waals surface area contributed by atoms with Crippen LogP contribution in [0.15, 0.2) is 4.52 Å². The van der Waals surface area contributed by atoms with E-state index in [1.54, 1.807) is 13.8 Å². The molecule has 112 valence electrons. The van der Waals surface area contributed by atoms with Crippen LogP contribution in [0.3, 0.4) is 0 Å².